The Kier molecular flexibility index (Phi) is 6.45. The zero-order valence-electron chi connectivity index (χ0n) is 15.5. The van der Waals surface area contributed by atoms with Gasteiger partial charge in [-0.3, -0.25) is 24.7 Å². The topological polar surface area (TPSA) is 123 Å². The van der Waals surface area contributed by atoms with Crippen LogP contribution in [0.25, 0.3) is 0 Å². The predicted octanol–water partition coefficient (Wildman–Crippen LogP) is 2.72. The molecule has 1 aliphatic rings. The van der Waals surface area contributed by atoms with Crippen LogP contribution < -0.4 is 15.4 Å². The molecule has 1 aliphatic heterocycles. The normalized spacial score (nSPS) is 17.1. The molecule has 0 radical (unpaired) electrons. The third-order valence-corrected chi connectivity index (χ3v) is 5.18. The monoisotopic (exact) mass is 414 g/mol. The second-order valence-corrected chi connectivity index (χ2v) is 7.29. The number of nitrogens with zero attached hydrogens (tertiary/aromatic N) is 2. The molecular weight excluding hydrogens is 396 g/mol. The highest BCUT2D eigenvalue weighted by atomic mass is 32.2. The SMILES string of the molecule is COc1ccc([N+](=O)[O-])cc1NC(=O)CC1SC(=NCc2ccccc2)NC1=O. The third kappa shape index (κ3) is 5.32. The fourth-order valence-corrected chi connectivity index (χ4v) is 3.61. The molecule has 29 heavy (non-hydrogen) atoms. The number of aliphatic imine (C=N–C) groups is 1. The van der Waals surface area contributed by atoms with E-state index >= 15 is 0 Å². The summed E-state index contributed by atoms with van der Waals surface area (Å²) in [4.78, 5) is 39.3. The lowest BCUT2D eigenvalue weighted by molar-refractivity contribution is -0.384. The first-order valence-electron chi connectivity index (χ1n) is 8.64. The van der Waals surface area contributed by atoms with Crippen LogP contribution in [0.5, 0.6) is 5.75 Å². The Morgan fingerprint density at radius 3 is 2.76 bits per heavy atom. The van der Waals surface area contributed by atoms with E-state index in [-0.39, 0.29) is 29.5 Å². The lowest BCUT2D eigenvalue weighted by Gasteiger charge is -2.11. The zero-order valence-corrected chi connectivity index (χ0v) is 16.3. The first-order valence-corrected chi connectivity index (χ1v) is 9.52. The highest BCUT2D eigenvalue weighted by Gasteiger charge is 2.32. The summed E-state index contributed by atoms with van der Waals surface area (Å²) in [5.41, 5.74) is 1.01. The molecule has 2 N–H and O–H groups in total. The average molecular weight is 414 g/mol. The number of methoxy groups -OCH3 is 1. The lowest BCUT2D eigenvalue weighted by Crippen LogP contribution is -2.28. The molecule has 0 aromatic heterocycles. The molecule has 1 fully saturated rings. The molecule has 0 aliphatic carbocycles. The molecule has 1 unspecified atom stereocenters. The van der Waals surface area contributed by atoms with Crippen molar-refractivity contribution >= 4 is 40.1 Å². The summed E-state index contributed by atoms with van der Waals surface area (Å²) in [5, 5.41) is 16.0. The number of nitrogens with one attached hydrogen (secondary N) is 2. The van der Waals surface area contributed by atoms with Crippen LogP contribution in [-0.4, -0.2) is 34.3 Å². The van der Waals surface area contributed by atoms with Gasteiger partial charge in [-0.15, -0.1) is 0 Å². The molecule has 1 atom stereocenters. The third-order valence-electron chi connectivity index (χ3n) is 4.06. The van der Waals surface area contributed by atoms with Crippen LogP contribution >= 0.6 is 11.8 Å². The number of nitro groups is 1. The van der Waals surface area contributed by atoms with Crippen LogP contribution in [0.1, 0.15) is 12.0 Å². The van der Waals surface area contributed by atoms with Crippen molar-refractivity contribution in [2.45, 2.75) is 18.2 Å². The van der Waals surface area contributed by atoms with Gasteiger partial charge in [0.15, 0.2) is 5.17 Å². The van der Waals surface area contributed by atoms with E-state index in [1.165, 1.54) is 37.1 Å². The first kappa shape index (κ1) is 20.3. The number of rotatable bonds is 7. The first-order chi connectivity index (χ1) is 14.0. The summed E-state index contributed by atoms with van der Waals surface area (Å²) in [6.07, 6.45) is -0.104. The van der Waals surface area contributed by atoms with Crippen LogP contribution in [0, 0.1) is 10.1 Å². The lowest BCUT2D eigenvalue weighted by atomic mass is 10.2. The van der Waals surface area contributed by atoms with E-state index in [2.05, 4.69) is 15.6 Å². The number of carbonyl (C=O) groups is 2. The largest absolute Gasteiger partial charge is 0.495 e. The molecule has 2 amide bonds. The zero-order chi connectivity index (χ0) is 20.8. The van der Waals surface area contributed by atoms with Gasteiger partial charge in [0.1, 0.15) is 11.0 Å². The minimum atomic E-state index is -0.630. The van der Waals surface area contributed by atoms with E-state index in [9.17, 15) is 19.7 Å². The average Bonchev–Trinajstić information content (AvgIpc) is 3.06. The maximum absolute atomic E-state index is 12.4. The minimum Gasteiger partial charge on any atom is -0.495 e. The second-order valence-electron chi connectivity index (χ2n) is 6.10. The number of hydrogen-bond acceptors (Lipinski definition) is 7. The number of thioether (sulfide) groups is 1. The highest BCUT2D eigenvalue weighted by Crippen LogP contribution is 2.30. The summed E-state index contributed by atoms with van der Waals surface area (Å²) in [7, 11) is 1.40. The number of anilines is 1. The number of benzene rings is 2. The van der Waals surface area contributed by atoms with Gasteiger partial charge in [0.25, 0.3) is 5.69 Å². The van der Waals surface area contributed by atoms with Crippen LogP contribution in [0.4, 0.5) is 11.4 Å². The Balaban J connectivity index is 1.61. The standard InChI is InChI=1S/C19H18N4O5S/c1-28-15-8-7-13(23(26)27)9-14(15)21-17(24)10-16-18(25)22-19(29-16)20-11-12-5-3-2-4-6-12/h2-9,16H,10-11H2,1H3,(H,21,24)(H,20,22,25). The summed E-state index contributed by atoms with van der Waals surface area (Å²) in [6.45, 7) is 0.424. The van der Waals surface area contributed by atoms with Gasteiger partial charge >= 0.3 is 0 Å². The van der Waals surface area contributed by atoms with Crippen molar-refractivity contribution < 1.29 is 19.2 Å². The Bertz CT molecular complexity index is 964. The van der Waals surface area contributed by atoms with Crippen molar-refractivity contribution in [1.82, 2.24) is 5.32 Å². The molecule has 0 spiro atoms. The number of amides is 2. The quantitative estimate of drug-likeness (QED) is 0.530. The smallest absolute Gasteiger partial charge is 0.271 e. The molecular formula is C19H18N4O5S. The number of carbonyl (C=O) groups excluding carboxylic acids is 2. The number of ether oxygens (including phenoxy) is 1. The number of nitro benzene ring substituents is 1. The molecule has 2 aromatic rings. The van der Waals surface area contributed by atoms with E-state index in [1.807, 2.05) is 30.3 Å². The molecule has 10 heteroatoms. The predicted molar refractivity (Wildman–Crippen MR) is 110 cm³/mol. The highest BCUT2D eigenvalue weighted by molar-refractivity contribution is 8.15. The number of amidine groups is 1. The Hall–Kier alpha value is -3.40. The van der Waals surface area contributed by atoms with Crippen LogP contribution in [-0.2, 0) is 16.1 Å². The molecule has 1 saturated heterocycles. The maximum Gasteiger partial charge on any atom is 0.271 e. The van der Waals surface area contributed by atoms with Crippen molar-refractivity contribution in [2.24, 2.45) is 4.99 Å². The van der Waals surface area contributed by atoms with Crippen LogP contribution in [0.3, 0.4) is 0 Å². The van der Waals surface area contributed by atoms with Gasteiger partial charge < -0.3 is 15.4 Å². The molecule has 150 valence electrons. The maximum atomic E-state index is 12.4. The van der Waals surface area contributed by atoms with Gasteiger partial charge in [-0.2, -0.15) is 0 Å². The van der Waals surface area contributed by atoms with E-state index in [0.717, 1.165) is 5.56 Å². The summed E-state index contributed by atoms with van der Waals surface area (Å²) < 4.78 is 5.12. The number of hydrogen-bond donors (Lipinski definition) is 2. The van der Waals surface area contributed by atoms with Crippen molar-refractivity contribution in [3.63, 3.8) is 0 Å². The summed E-state index contributed by atoms with van der Waals surface area (Å²) >= 11 is 1.18. The fraction of sp³-hybridized carbons (Fsp3) is 0.211. The van der Waals surface area contributed by atoms with E-state index in [1.54, 1.807) is 0 Å². The van der Waals surface area contributed by atoms with Gasteiger partial charge in [-0.05, 0) is 11.6 Å². The molecule has 9 nitrogen and oxygen atoms in total. The van der Waals surface area contributed by atoms with Gasteiger partial charge in [-0.25, -0.2) is 0 Å². The van der Waals surface area contributed by atoms with Crippen LogP contribution in [0.15, 0.2) is 53.5 Å². The van der Waals surface area contributed by atoms with Crippen molar-refractivity contribution in [3.8, 4) is 5.75 Å². The second kappa shape index (κ2) is 9.20. The Labute approximate surface area is 170 Å². The molecule has 0 saturated carbocycles. The van der Waals surface area contributed by atoms with Crippen molar-refractivity contribution in [3.05, 3.63) is 64.2 Å². The minimum absolute atomic E-state index is 0.104. The van der Waals surface area contributed by atoms with Gasteiger partial charge in [-0.1, -0.05) is 42.1 Å². The Morgan fingerprint density at radius 2 is 2.07 bits per heavy atom. The summed E-state index contributed by atoms with van der Waals surface area (Å²) in [5.74, 6) is -0.471. The summed E-state index contributed by atoms with van der Waals surface area (Å²) in [6, 6.07) is 13.5. The van der Waals surface area contributed by atoms with Crippen LogP contribution in [0.2, 0.25) is 0 Å². The van der Waals surface area contributed by atoms with E-state index in [4.69, 9.17) is 4.74 Å². The number of non-ortho nitro benzene ring substituents is 1. The van der Waals surface area contributed by atoms with Gasteiger partial charge in [0, 0.05) is 18.6 Å². The molecule has 1 heterocycles. The molecule has 2 aromatic carbocycles. The molecule has 3 rings (SSSR count). The van der Waals surface area contributed by atoms with Crippen molar-refractivity contribution in [2.75, 3.05) is 12.4 Å². The van der Waals surface area contributed by atoms with Gasteiger partial charge in [0.2, 0.25) is 11.8 Å². The van der Waals surface area contributed by atoms with E-state index < -0.39 is 16.1 Å². The fourth-order valence-electron chi connectivity index (χ4n) is 2.64. The van der Waals surface area contributed by atoms with E-state index in [0.29, 0.717) is 11.7 Å². The molecule has 0 bridgehead atoms. The van der Waals surface area contributed by atoms with Crippen molar-refractivity contribution in [1.29, 1.82) is 0 Å². The van der Waals surface area contributed by atoms with Gasteiger partial charge in [0.05, 0.1) is 24.3 Å². The Morgan fingerprint density at radius 1 is 1.31 bits per heavy atom.